The highest BCUT2D eigenvalue weighted by Crippen LogP contribution is 2.31. The lowest BCUT2D eigenvalue weighted by atomic mass is 10.0. The summed E-state index contributed by atoms with van der Waals surface area (Å²) in [5.74, 6) is -1.24. The van der Waals surface area contributed by atoms with Crippen molar-refractivity contribution in [3.63, 3.8) is 0 Å². The summed E-state index contributed by atoms with van der Waals surface area (Å²) in [7, 11) is 2.03. The fourth-order valence-corrected chi connectivity index (χ4v) is 2.08. The topological polar surface area (TPSA) is 32.5 Å². The van der Waals surface area contributed by atoms with Crippen molar-refractivity contribution >= 4 is 0 Å². The van der Waals surface area contributed by atoms with Gasteiger partial charge in [-0.2, -0.15) is 13.2 Å². The minimum atomic E-state index is -4.11. The highest BCUT2D eigenvalue weighted by molar-refractivity contribution is 4.74. The Labute approximate surface area is 101 Å². The lowest BCUT2D eigenvalue weighted by Crippen LogP contribution is -2.45. The van der Waals surface area contributed by atoms with E-state index in [1.165, 1.54) is 0 Å². The van der Waals surface area contributed by atoms with Crippen LogP contribution in [0.25, 0.3) is 0 Å². The molecule has 1 rings (SSSR count). The molecule has 0 bridgehead atoms. The number of hydrogen-bond donors (Lipinski definition) is 1. The largest absolute Gasteiger partial charge is 0.391 e. The van der Waals surface area contributed by atoms with Crippen LogP contribution in [0.15, 0.2) is 0 Å². The molecule has 6 heteroatoms. The second-order valence-electron chi connectivity index (χ2n) is 4.75. The van der Waals surface area contributed by atoms with Crippen molar-refractivity contribution in [2.75, 3.05) is 46.3 Å². The van der Waals surface area contributed by atoms with Gasteiger partial charge < -0.3 is 15.5 Å². The first-order valence-corrected chi connectivity index (χ1v) is 6.11. The molecule has 1 unspecified atom stereocenters. The SMILES string of the molecule is CN1CCN(CCC(CCN)C(F)(F)F)CC1. The number of nitrogens with two attached hydrogens (primary N) is 1. The Morgan fingerprint density at radius 1 is 1.12 bits per heavy atom. The number of hydrogen-bond acceptors (Lipinski definition) is 3. The van der Waals surface area contributed by atoms with Crippen LogP contribution >= 0.6 is 0 Å². The summed E-state index contributed by atoms with van der Waals surface area (Å²) < 4.78 is 37.9. The van der Waals surface area contributed by atoms with E-state index in [2.05, 4.69) is 9.80 Å². The van der Waals surface area contributed by atoms with Crippen LogP contribution in [-0.4, -0.2) is 62.3 Å². The summed E-state index contributed by atoms with van der Waals surface area (Å²) in [6.07, 6.45) is -3.90. The summed E-state index contributed by atoms with van der Waals surface area (Å²) in [4.78, 5) is 4.30. The van der Waals surface area contributed by atoms with Gasteiger partial charge in [-0.3, -0.25) is 0 Å². The lowest BCUT2D eigenvalue weighted by Gasteiger charge is -2.33. The second-order valence-corrected chi connectivity index (χ2v) is 4.75. The molecule has 1 aliphatic rings. The van der Waals surface area contributed by atoms with Crippen molar-refractivity contribution in [2.24, 2.45) is 11.7 Å². The fraction of sp³-hybridized carbons (Fsp3) is 1.00. The zero-order chi connectivity index (χ0) is 12.9. The molecule has 1 atom stereocenters. The maximum Gasteiger partial charge on any atom is 0.391 e. The van der Waals surface area contributed by atoms with Gasteiger partial charge >= 0.3 is 6.18 Å². The van der Waals surface area contributed by atoms with E-state index in [9.17, 15) is 13.2 Å². The van der Waals surface area contributed by atoms with Gasteiger partial charge in [-0.1, -0.05) is 0 Å². The first kappa shape index (κ1) is 14.7. The summed E-state index contributed by atoms with van der Waals surface area (Å²) in [5, 5.41) is 0. The summed E-state index contributed by atoms with van der Waals surface area (Å²) in [5.41, 5.74) is 5.23. The van der Waals surface area contributed by atoms with Gasteiger partial charge in [0.05, 0.1) is 5.92 Å². The van der Waals surface area contributed by atoms with Crippen LogP contribution in [0.5, 0.6) is 0 Å². The predicted molar refractivity (Wildman–Crippen MR) is 61.8 cm³/mol. The van der Waals surface area contributed by atoms with Crippen LogP contribution in [0.4, 0.5) is 13.2 Å². The number of halogens is 3. The average molecular weight is 253 g/mol. The maximum atomic E-state index is 12.6. The van der Waals surface area contributed by atoms with Crippen LogP contribution in [0, 0.1) is 5.92 Å². The third kappa shape index (κ3) is 5.23. The van der Waals surface area contributed by atoms with Gasteiger partial charge in [-0.15, -0.1) is 0 Å². The number of likely N-dealkylation sites (N-methyl/N-ethyl adjacent to an activating group) is 1. The number of piperazine rings is 1. The van der Waals surface area contributed by atoms with E-state index in [0.29, 0.717) is 6.54 Å². The Kier molecular flexibility index (Phi) is 5.69. The van der Waals surface area contributed by atoms with Gasteiger partial charge in [0.15, 0.2) is 0 Å². The molecule has 0 aliphatic carbocycles. The quantitative estimate of drug-likeness (QED) is 0.798. The van der Waals surface area contributed by atoms with Crippen molar-refractivity contribution in [3.8, 4) is 0 Å². The van der Waals surface area contributed by atoms with E-state index in [0.717, 1.165) is 26.2 Å². The van der Waals surface area contributed by atoms with E-state index in [1.807, 2.05) is 7.05 Å². The van der Waals surface area contributed by atoms with Crippen molar-refractivity contribution in [2.45, 2.75) is 19.0 Å². The molecule has 0 aromatic rings. The van der Waals surface area contributed by atoms with Crippen molar-refractivity contribution in [3.05, 3.63) is 0 Å². The van der Waals surface area contributed by atoms with Crippen LogP contribution in [0.1, 0.15) is 12.8 Å². The van der Waals surface area contributed by atoms with Gasteiger partial charge in [0.1, 0.15) is 0 Å². The minimum absolute atomic E-state index is 0.0389. The molecule has 0 aromatic heterocycles. The van der Waals surface area contributed by atoms with Crippen LogP contribution in [0.3, 0.4) is 0 Å². The second kappa shape index (κ2) is 6.56. The van der Waals surface area contributed by atoms with E-state index in [1.54, 1.807) is 0 Å². The van der Waals surface area contributed by atoms with Crippen LogP contribution < -0.4 is 5.73 Å². The van der Waals surface area contributed by atoms with Gasteiger partial charge in [0, 0.05) is 26.2 Å². The first-order chi connectivity index (χ1) is 7.93. The highest BCUT2D eigenvalue weighted by Gasteiger charge is 2.38. The van der Waals surface area contributed by atoms with Crippen molar-refractivity contribution in [1.29, 1.82) is 0 Å². The molecule has 0 aromatic carbocycles. The molecular formula is C11H22F3N3. The molecule has 1 saturated heterocycles. The molecule has 17 heavy (non-hydrogen) atoms. The zero-order valence-corrected chi connectivity index (χ0v) is 10.3. The van der Waals surface area contributed by atoms with Gasteiger partial charge in [0.2, 0.25) is 0 Å². The smallest absolute Gasteiger partial charge is 0.330 e. The van der Waals surface area contributed by atoms with Gasteiger partial charge in [-0.25, -0.2) is 0 Å². The molecule has 0 amide bonds. The highest BCUT2D eigenvalue weighted by atomic mass is 19.4. The van der Waals surface area contributed by atoms with E-state index in [4.69, 9.17) is 5.73 Å². The number of rotatable bonds is 5. The molecule has 0 spiro atoms. The molecule has 102 valence electrons. The maximum absolute atomic E-state index is 12.6. The normalized spacial score (nSPS) is 21.7. The summed E-state index contributed by atoms with van der Waals surface area (Å²) in [6, 6.07) is 0. The molecule has 1 fully saturated rings. The Hall–Kier alpha value is -0.330. The monoisotopic (exact) mass is 253 g/mol. The Bertz CT molecular complexity index is 212. The minimum Gasteiger partial charge on any atom is -0.330 e. The molecule has 0 saturated carbocycles. The third-order valence-electron chi connectivity index (χ3n) is 3.37. The molecule has 2 N–H and O–H groups in total. The Balaban J connectivity index is 2.31. The van der Waals surface area contributed by atoms with E-state index >= 15 is 0 Å². The molecule has 0 radical (unpaired) electrons. The standard InChI is InChI=1S/C11H22F3N3/c1-16-6-8-17(9-7-16)5-3-10(2-4-15)11(12,13)14/h10H,2-9,15H2,1H3. The number of nitrogens with zero attached hydrogens (tertiary/aromatic N) is 2. The molecule has 1 aliphatic heterocycles. The van der Waals surface area contributed by atoms with Gasteiger partial charge in [0.25, 0.3) is 0 Å². The molecule has 3 nitrogen and oxygen atoms in total. The molecule has 1 heterocycles. The van der Waals surface area contributed by atoms with E-state index < -0.39 is 12.1 Å². The first-order valence-electron chi connectivity index (χ1n) is 6.11. The summed E-state index contributed by atoms with van der Waals surface area (Å²) in [6.45, 7) is 4.24. The van der Waals surface area contributed by atoms with Crippen LogP contribution in [-0.2, 0) is 0 Å². The lowest BCUT2D eigenvalue weighted by molar-refractivity contribution is -0.178. The fourth-order valence-electron chi connectivity index (χ4n) is 2.08. The van der Waals surface area contributed by atoms with Crippen molar-refractivity contribution < 1.29 is 13.2 Å². The number of alkyl halides is 3. The molecular weight excluding hydrogens is 231 g/mol. The Morgan fingerprint density at radius 3 is 2.18 bits per heavy atom. The Morgan fingerprint density at radius 2 is 1.71 bits per heavy atom. The average Bonchev–Trinajstić information content (AvgIpc) is 2.25. The summed E-state index contributed by atoms with van der Waals surface area (Å²) >= 11 is 0. The predicted octanol–water partition coefficient (Wildman–Crippen LogP) is 1.15. The third-order valence-corrected chi connectivity index (χ3v) is 3.37. The van der Waals surface area contributed by atoms with Gasteiger partial charge in [-0.05, 0) is 33.0 Å². The zero-order valence-electron chi connectivity index (χ0n) is 10.3. The van der Waals surface area contributed by atoms with Crippen LogP contribution in [0.2, 0.25) is 0 Å². The van der Waals surface area contributed by atoms with Crippen molar-refractivity contribution in [1.82, 2.24) is 9.80 Å². The van der Waals surface area contributed by atoms with E-state index in [-0.39, 0.29) is 19.4 Å².